The van der Waals surface area contributed by atoms with Gasteiger partial charge in [0.15, 0.2) is 0 Å². The van der Waals surface area contributed by atoms with Crippen molar-refractivity contribution in [1.82, 2.24) is 20.0 Å². The fourth-order valence-electron chi connectivity index (χ4n) is 3.16. The maximum atomic E-state index is 12.8. The van der Waals surface area contributed by atoms with Crippen molar-refractivity contribution in [2.24, 2.45) is 0 Å². The molecule has 0 aliphatic carbocycles. The maximum absolute atomic E-state index is 12.8. The summed E-state index contributed by atoms with van der Waals surface area (Å²) in [6.45, 7) is 3.66. The Labute approximate surface area is 167 Å². The minimum absolute atomic E-state index is 0.0182. The molecule has 0 saturated carbocycles. The monoisotopic (exact) mass is 396 g/mol. The number of nitriles is 1. The zero-order chi connectivity index (χ0) is 21.1. The van der Waals surface area contributed by atoms with Gasteiger partial charge in [0, 0.05) is 19.0 Å². The van der Waals surface area contributed by atoms with Crippen LogP contribution in [0.2, 0.25) is 0 Å². The molecule has 1 aromatic heterocycles. The number of carbonyl (C=O) groups excluding carboxylic acids is 3. The first-order valence-corrected chi connectivity index (χ1v) is 8.86. The fourth-order valence-corrected chi connectivity index (χ4v) is 3.16. The van der Waals surface area contributed by atoms with Crippen molar-refractivity contribution in [2.45, 2.75) is 19.9 Å². The normalized spacial score (nSPS) is 15.3. The van der Waals surface area contributed by atoms with Gasteiger partial charge in [-0.25, -0.2) is 4.79 Å². The third-order valence-electron chi connectivity index (χ3n) is 4.48. The Morgan fingerprint density at radius 3 is 2.79 bits per heavy atom. The molecule has 2 heterocycles. The molecule has 1 atom stereocenters. The van der Waals surface area contributed by atoms with Crippen LogP contribution in [-0.4, -0.2) is 52.9 Å². The Morgan fingerprint density at radius 2 is 2.14 bits per heavy atom. The van der Waals surface area contributed by atoms with Crippen LogP contribution in [0.25, 0.3) is 11.3 Å². The largest absolute Gasteiger partial charge is 0.453 e. The van der Waals surface area contributed by atoms with E-state index in [2.05, 4.69) is 20.5 Å². The summed E-state index contributed by atoms with van der Waals surface area (Å²) in [5, 5.41) is 18.9. The Kier molecular flexibility index (Phi) is 5.50. The number of hydrogen-bond donors (Lipinski definition) is 2. The number of methoxy groups -OCH3 is 1. The van der Waals surface area contributed by atoms with Gasteiger partial charge < -0.3 is 20.3 Å². The van der Waals surface area contributed by atoms with Crippen LogP contribution in [0.15, 0.2) is 24.3 Å². The third-order valence-corrected chi connectivity index (χ3v) is 4.48. The van der Waals surface area contributed by atoms with E-state index in [0.29, 0.717) is 34.7 Å². The van der Waals surface area contributed by atoms with Gasteiger partial charge in [-0.15, -0.1) is 0 Å². The predicted molar refractivity (Wildman–Crippen MR) is 103 cm³/mol. The number of nitrogens with zero attached hydrogens (tertiary/aromatic N) is 4. The number of carbonyl (C=O) groups is 3. The van der Waals surface area contributed by atoms with Gasteiger partial charge in [-0.05, 0) is 31.2 Å². The average Bonchev–Trinajstić information content (AvgIpc) is 3.14. The Balaban J connectivity index is 1.96. The molecule has 2 N–H and O–H groups in total. The zero-order valence-electron chi connectivity index (χ0n) is 16.2. The number of hydrogen-bond acceptors (Lipinski definition) is 6. The highest BCUT2D eigenvalue weighted by molar-refractivity contribution is 5.97. The molecule has 3 amide bonds. The number of ether oxygens (including phenoxy) is 1. The molecule has 10 heteroatoms. The van der Waals surface area contributed by atoms with E-state index in [1.54, 1.807) is 28.9 Å². The van der Waals surface area contributed by atoms with Gasteiger partial charge in [0.05, 0.1) is 42.8 Å². The summed E-state index contributed by atoms with van der Waals surface area (Å²) in [7, 11) is 1.25. The van der Waals surface area contributed by atoms with Gasteiger partial charge in [-0.3, -0.25) is 14.3 Å². The third kappa shape index (κ3) is 4.03. The van der Waals surface area contributed by atoms with E-state index < -0.39 is 6.09 Å². The minimum atomic E-state index is -0.622. The number of anilines is 1. The summed E-state index contributed by atoms with van der Waals surface area (Å²) in [6, 6.07) is 8.41. The van der Waals surface area contributed by atoms with Crippen LogP contribution in [0.3, 0.4) is 0 Å². The van der Waals surface area contributed by atoms with Gasteiger partial charge in [0.25, 0.3) is 5.91 Å². The molecule has 29 heavy (non-hydrogen) atoms. The Hall–Kier alpha value is -3.87. The quantitative estimate of drug-likeness (QED) is 0.809. The van der Waals surface area contributed by atoms with E-state index >= 15 is 0 Å². The van der Waals surface area contributed by atoms with Gasteiger partial charge in [0.2, 0.25) is 5.91 Å². The predicted octanol–water partition coefficient (Wildman–Crippen LogP) is 1.71. The van der Waals surface area contributed by atoms with E-state index in [1.165, 1.54) is 18.9 Å². The Bertz CT molecular complexity index is 1020. The Morgan fingerprint density at radius 1 is 1.38 bits per heavy atom. The highest BCUT2D eigenvalue weighted by Crippen LogP contribution is 2.31. The molecule has 0 radical (unpaired) electrons. The lowest BCUT2D eigenvalue weighted by Gasteiger charge is -2.31. The number of rotatable bonds is 4. The van der Waals surface area contributed by atoms with Crippen molar-refractivity contribution >= 4 is 23.6 Å². The number of nitrogens with one attached hydrogen (secondary N) is 2. The van der Waals surface area contributed by atoms with Crippen LogP contribution in [0.5, 0.6) is 0 Å². The second-order valence-corrected chi connectivity index (χ2v) is 6.62. The summed E-state index contributed by atoms with van der Waals surface area (Å²) in [5.41, 5.74) is 2.29. The lowest BCUT2D eigenvalue weighted by atomic mass is 10.1. The molecule has 3 rings (SSSR count). The number of aromatic nitrogens is 2. The molecule has 1 aliphatic heterocycles. The molecular weight excluding hydrogens is 376 g/mol. The van der Waals surface area contributed by atoms with Crippen LogP contribution in [0.4, 0.5) is 10.5 Å². The highest BCUT2D eigenvalue weighted by Gasteiger charge is 2.31. The summed E-state index contributed by atoms with van der Waals surface area (Å²) >= 11 is 0. The van der Waals surface area contributed by atoms with Crippen LogP contribution >= 0.6 is 0 Å². The van der Waals surface area contributed by atoms with E-state index in [-0.39, 0.29) is 24.5 Å². The molecule has 10 nitrogen and oxygen atoms in total. The van der Waals surface area contributed by atoms with Crippen LogP contribution in [0.1, 0.15) is 35.9 Å². The van der Waals surface area contributed by atoms with Gasteiger partial charge in [-0.1, -0.05) is 0 Å². The van der Waals surface area contributed by atoms with E-state index in [9.17, 15) is 14.4 Å². The smallest absolute Gasteiger partial charge is 0.408 e. The molecular formula is C19H20N6O4. The van der Waals surface area contributed by atoms with Crippen LogP contribution < -0.4 is 10.6 Å². The summed E-state index contributed by atoms with van der Waals surface area (Å²) in [4.78, 5) is 37.2. The molecule has 0 spiro atoms. The lowest BCUT2D eigenvalue weighted by Crippen LogP contribution is -2.47. The van der Waals surface area contributed by atoms with Crippen LogP contribution in [0, 0.1) is 11.3 Å². The number of alkyl carbamates (subject to hydrolysis) is 1. The SMILES string of the molecule is COC(=O)NCN1C[C@H](C)n2nc(-c3ccc(C#N)cc3NC(C)=O)cc2C1=O. The zero-order valence-corrected chi connectivity index (χ0v) is 16.2. The fraction of sp³-hybridized carbons (Fsp3) is 0.316. The standard InChI is InChI=1S/C19H20N6O4/c1-11-9-24(10-21-19(28)29-3)18(27)17-7-16(23-25(11)17)14-5-4-13(8-20)6-15(14)22-12(2)26/h4-7,11H,9-10H2,1-3H3,(H,21,28)(H,22,26)/t11-/m0/s1. The molecule has 0 saturated heterocycles. The summed E-state index contributed by atoms with van der Waals surface area (Å²) in [6.07, 6.45) is -0.622. The number of benzene rings is 1. The molecule has 150 valence electrons. The number of fused-ring (bicyclic) bond motifs is 1. The number of amides is 3. The van der Waals surface area contributed by atoms with Gasteiger partial charge in [-0.2, -0.15) is 10.4 Å². The first kappa shape index (κ1) is 19.9. The van der Waals surface area contributed by atoms with Gasteiger partial charge >= 0.3 is 6.09 Å². The molecule has 0 unspecified atom stereocenters. The maximum Gasteiger partial charge on any atom is 0.408 e. The second kappa shape index (κ2) is 8.02. The van der Waals surface area contributed by atoms with E-state index in [0.717, 1.165) is 0 Å². The minimum Gasteiger partial charge on any atom is -0.453 e. The second-order valence-electron chi connectivity index (χ2n) is 6.62. The first-order chi connectivity index (χ1) is 13.8. The van der Waals surface area contributed by atoms with Crippen molar-refractivity contribution in [3.63, 3.8) is 0 Å². The van der Waals surface area contributed by atoms with Crippen molar-refractivity contribution < 1.29 is 19.1 Å². The first-order valence-electron chi connectivity index (χ1n) is 8.86. The molecule has 1 aromatic carbocycles. The highest BCUT2D eigenvalue weighted by atomic mass is 16.5. The van der Waals surface area contributed by atoms with Crippen molar-refractivity contribution in [3.8, 4) is 17.3 Å². The average molecular weight is 396 g/mol. The van der Waals surface area contributed by atoms with E-state index in [4.69, 9.17) is 5.26 Å². The van der Waals surface area contributed by atoms with Crippen molar-refractivity contribution in [3.05, 3.63) is 35.5 Å². The summed E-state index contributed by atoms with van der Waals surface area (Å²) < 4.78 is 6.16. The lowest BCUT2D eigenvalue weighted by molar-refractivity contribution is -0.114. The van der Waals surface area contributed by atoms with Gasteiger partial charge in [0.1, 0.15) is 5.69 Å². The molecule has 0 bridgehead atoms. The van der Waals surface area contributed by atoms with Crippen LogP contribution in [-0.2, 0) is 9.53 Å². The topological polar surface area (TPSA) is 129 Å². The van der Waals surface area contributed by atoms with E-state index in [1.807, 2.05) is 13.0 Å². The molecule has 2 aromatic rings. The van der Waals surface area contributed by atoms with Crippen molar-refractivity contribution in [1.29, 1.82) is 5.26 Å². The molecule has 0 fully saturated rings. The molecule has 1 aliphatic rings. The summed E-state index contributed by atoms with van der Waals surface area (Å²) in [5.74, 6) is -0.567. The van der Waals surface area contributed by atoms with Crippen molar-refractivity contribution in [2.75, 3.05) is 25.6 Å².